The summed E-state index contributed by atoms with van der Waals surface area (Å²) in [5, 5.41) is 8.58. The van der Waals surface area contributed by atoms with Crippen LogP contribution in [0.5, 0.6) is 0 Å². The molecule has 0 saturated carbocycles. The summed E-state index contributed by atoms with van der Waals surface area (Å²) in [6, 6.07) is 47.2. The lowest BCUT2D eigenvalue weighted by Gasteiger charge is -2.14. The van der Waals surface area contributed by atoms with E-state index >= 15 is 0 Å². The molecule has 0 bridgehead atoms. The van der Waals surface area contributed by atoms with E-state index in [2.05, 4.69) is 127 Å². The van der Waals surface area contributed by atoms with Crippen molar-refractivity contribution >= 4 is 64.8 Å². The number of fused-ring (bicyclic) bond motifs is 6. The Morgan fingerprint density at radius 1 is 0.462 bits per heavy atom. The summed E-state index contributed by atoms with van der Waals surface area (Å²) in [5.41, 5.74) is 8.53. The van der Waals surface area contributed by atoms with E-state index in [-0.39, 0.29) is 0 Å². The molecule has 0 radical (unpaired) electrons. The topological polar surface area (TPSA) is 25.2 Å². The monoisotopic (exact) mass is 517 g/mol. The number of hydrogen-bond acceptors (Lipinski definition) is 3. The Labute approximate surface area is 229 Å². The molecule has 0 fully saturated rings. The van der Waals surface area contributed by atoms with E-state index in [1.165, 1.54) is 31.3 Å². The summed E-state index contributed by atoms with van der Waals surface area (Å²) >= 11 is 1.84. The van der Waals surface area contributed by atoms with Crippen molar-refractivity contribution < 1.29 is 4.42 Å². The third kappa shape index (κ3) is 3.70. The van der Waals surface area contributed by atoms with Crippen molar-refractivity contribution in [1.82, 2.24) is 0 Å². The summed E-state index contributed by atoms with van der Waals surface area (Å²) in [6.07, 6.45) is 0. The minimum Gasteiger partial charge on any atom is -0.455 e. The van der Waals surface area contributed by atoms with E-state index in [4.69, 9.17) is 4.42 Å². The normalized spacial score (nSPS) is 11.6. The van der Waals surface area contributed by atoms with Crippen LogP contribution in [0.2, 0.25) is 0 Å². The summed E-state index contributed by atoms with van der Waals surface area (Å²) in [5.74, 6) is 0. The summed E-state index contributed by atoms with van der Waals surface area (Å²) in [7, 11) is 0. The summed E-state index contributed by atoms with van der Waals surface area (Å²) in [4.78, 5) is 0. The van der Waals surface area contributed by atoms with Gasteiger partial charge in [0.2, 0.25) is 0 Å². The van der Waals surface area contributed by atoms with Crippen molar-refractivity contribution in [1.29, 1.82) is 0 Å². The zero-order chi connectivity index (χ0) is 25.8. The lowest BCUT2D eigenvalue weighted by Crippen LogP contribution is -1.93. The van der Waals surface area contributed by atoms with Crippen LogP contribution in [0.25, 0.3) is 64.4 Å². The first kappa shape index (κ1) is 22.2. The van der Waals surface area contributed by atoms with Crippen molar-refractivity contribution in [2.24, 2.45) is 0 Å². The third-order valence-electron chi connectivity index (χ3n) is 7.47. The van der Waals surface area contributed by atoms with Crippen molar-refractivity contribution in [3.8, 4) is 22.3 Å². The number of furan rings is 1. The van der Waals surface area contributed by atoms with Gasteiger partial charge in [-0.2, -0.15) is 0 Å². The molecule has 8 aromatic rings. The number of anilines is 2. The molecule has 8 rings (SSSR count). The molecule has 2 aromatic heterocycles. The maximum absolute atomic E-state index is 6.44. The fraction of sp³-hybridized carbons (Fsp3) is 0. The van der Waals surface area contributed by atoms with E-state index in [0.717, 1.165) is 44.4 Å². The molecule has 0 aliphatic carbocycles. The van der Waals surface area contributed by atoms with Crippen LogP contribution < -0.4 is 5.32 Å². The van der Waals surface area contributed by atoms with Gasteiger partial charge in [0.15, 0.2) is 0 Å². The quantitative estimate of drug-likeness (QED) is 0.251. The molecule has 0 spiro atoms. The van der Waals surface area contributed by atoms with Crippen LogP contribution in [0.15, 0.2) is 138 Å². The van der Waals surface area contributed by atoms with Crippen LogP contribution >= 0.6 is 11.3 Å². The fourth-order valence-corrected chi connectivity index (χ4v) is 6.79. The molecule has 184 valence electrons. The van der Waals surface area contributed by atoms with Crippen LogP contribution in [-0.4, -0.2) is 0 Å². The van der Waals surface area contributed by atoms with Gasteiger partial charge in [-0.1, -0.05) is 97.1 Å². The smallest absolute Gasteiger partial charge is 0.143 e. The predicted octanol–water partition coefficient (Wildman–Crippen LogP) is 11.0. The largest absolute Gasteiger partial charge is 0.455 e. The summed E-state index contributed by atoms with van der Waals surface area (Å²) < 4.78 is 9.05. The number of para-hydroxylation sites is 2. The minimum atomic E-state index is 0.909. The average Bonchev–Trinajstić information content (AvgIpc) is 3.55. The molecule has 0 saturated heterocycles. The highest BCUT2D eigenvalue weighted by atomic mass is 32.1. The van der Waals surface area contributed by atoms with Crippen LogP contribution in [0.1, 0.15) is 0 Å². The first-order valence-corrected chi connectivity index (χ1v) is 13.9. The summed E-state index contributed by atoms with van der Waals surface area (Å²) in [6.45, 7) is 0. The Balaban J connectivity index is 1.28. The van der Waals surface area contributed by atoms with E-state index in [9.17, 15) is 0 Å². The van der Waals surface area contributed by atoms with Gasteiger partial charge in [-0.15, -0.1) is 11.3 Å². The van der Waals surface area contributed by atoms with Gasteiger partial charge >= 0.3 is 0 Å². The van der Waals surface area contributed by atoms with Crippen LogP contribution in [0, 0.1) is 0 Å². The van der Waals surface area contributed by atoms with Crippen LogP contribution in [0.4, 0.5) is 11.4 Å². The van der Waals surface area contributed by atoms with Crippen molar-refractivity contribution in [3.05, 3.63) is 133 Å². The lowest BCUT2D eigenvalue weighted by atomic mass is 9.93. The van der Waals surface area contributed by atoms with Gasteiger partial charge in [-0.25, -0.2) is 0 Å². The van der Waals surface area contributed by atoms with E-state index in [1.54, 1.807) is 0 Å². The Morgan fingerprint density at radius 3 is 2.10 bits per heavy atom. The molecular formula is C36H23NOS. The molecule has 0 aliphatic heterocycles. The second kappa shape index (κ2) is 8.87. The Hall–Kier alpha value is -4.86. The van der Waals surface area contributed by atoms with Gasteiger partial charge < -0.3 is 9.73 Å². The first-order chi connectivity index (χ1) is 19.3. The number of benzene rings is 6. The van der Waals surface area contributed by atoms with Crippen molar-refractivity contribution in [2.45, 2.75) is 0 Å². The molecule has 0 aliphatic rings. The third-order valence-corrected chi connectivity index (χ3v) is 8.60. The molecule has 0 atom stereocenters. The second-order valence-corrected chi connectivity index (χ2v) is 10.9. The lowest BCUT2D eigenvalue weighted by molar-refractivity contribution is 0.670. The fourth-order valence-electron chi connectivity index (χ4n) is 5.64. The van der Waals surface area contributed by atoms with Gasteiger partial charge in [0, 0.05) is 47.9 Å². The molecular weight excluding hydrogens is 494 g/mol. The predicted molar refractivity (Wildman–Crippen MR) is 167 cm³/mol. The highest BCUT2D eigenvalue weighted by Gasteiger charge is 2.16. The maximum Gasteiger partial charge on any atom is 0.143 e. The number of rotatable bonds is 4. The molecule has 2 heterocycles. The zero-order valence-electron chi connectivity index (χ0n) is 21.0. The number of thiophene rings is 1. The molecule has 0 amide bonds. The standard InChI is InChI=1S/C36H23NOS/c1-2-9-23(10-3-1)26-19-17-24(37-25-18-20-29-28-12-5-7-16-34(28)39-35(29)22-25)21-32(26)31-14-8-13-30-27-11-4-6-15-33(27)38-36(30)31/h1-22,37H. The van der Waals surface area contributed by atoms with Crippen LogP contribution in [0.3, 0.4) is 0 Å². The highest BCUT2D eigenvalue weighted by Crippen LogP contribution is 2.42. The highest BCUT2D eigenvalue weighted by molar-refractivity contribution is 7.25. The molecule has 0 unspecified atom stereocenters. The van der Waals surface area contributed by atoms with Crippen molar-refractivity contribution in [3.63, 3.8) is 0 Å². The van der Waals surface area contributed by atoms with Crippen molar-refractivity contribution in [2.75, 3.05) is 5.32 Å². The molecule has 3 heteroatoms. The Bertz CT molecular complexity index is 2150. The average molecular weight is 518 g/mol. The van der Waals surface area contributed by atoms with Gasteiger partial charge in [0.1, 0.15) is 11.2 Å². The van der Waals surface area contributed by atoms with E-state index < -0.39 is 0 Å². The molecule has 2 nitrogen and oxygen atoms in total. The number of nitrogens with one attached hydrogen (secondary N) is 1. The first-order valence-electron chi connectivity index (χ1n) is 13.1. The Kier molecular flexibility index (Phi) is 5.04. The van der Waals surface area contributed by atoms with Gasteiger partial charge in [-0.3, -0.25) is 0 Å². The van der Waals surface area contributed by atoms with Crippen LogP contribution in [-0.2, 0) is 0 Å². The Morgan fingerprint density at radius 2 is 1.18 bits per heavy atom. The van der Waals surface area contributed by atoms with Gasteiger partial charge in [0.05, 0.1) is 0 Å². The SMILES string of the molecule is c1ccc(-c2ccc(Nc3ccc4c(c3)sc3ccccc34)cc2-c2cccc3c2oc2ccccc23)cc1. The maximum atomic E-state index is 6.44. The zero-order valence-corrected chi connectivity index (χ0v) is 21.8. The van der Waals surface area contributed by atoms with E-state index in [1.807, 2.05) is 23.5 Å². The molecule has 6 aromatic carbocycles. The number of hydrogen-bond donors (Lipinski definition) is 1. The van der Waals surface area contributed by atoms with Gasteiger partial charge in [0.25, 0.3) is 0 Å². The molecule has 39 heavy (non-hydrogen) atoms. The molecule has 1 N–H and O–H groups in total. The van der Waals surface area contributed by atoms with E-state index in [0.29, 0.717) is 0 Å². The second-order valence-electron chi connectivity index (χ2n) is 9.84. The minimum absolute atomic E-state index is 0.909. The van der Waals surface area contributed by atoms with Gasteiger partial charge in [-0.05, 0) is 53.1 Å².